The molecule has 1 aromatic rings. The molecule has 0 bridgehead atoms. The van der Waals surface area contributed by atoms with Gasteiger partial charge >= 0.3 is 0 Å². The molecule has 0 radical (unpaired) electrons. The summed E-state index contributed by atoms with van der Waals surface area (Å²) in [4.78, 5) is 1.35. The van der Waals surface area contributed by atoms with Crippen molar-refractivity contribution in [3.05, 3.63) is 20.3 Å². The Morgan fingerprint density at radius 3 is 2.86 bits per heavy atom. The summed E-state index contributed by atoms with van der Waals surface area (Å²) in [7, 11) is 0. The molecule has 1 aliphatic carbocycles. The van der Waals surface area contributed by atoms with E-state index in [-0.39, 0.29) is 0 Å². The highest BCUT2D eigenvalue weighted by Gasteiger charge is 2.26. The lowest BCUT2D eigenvalue weighted by molar-refractivity contribution is 0.494. The predicted molar refractivity (Wildman–Crippen MR) is 64.2 cm³/mol. The fourth-order valence-electron chi connectivity index (χ4n) is 1.61. The van der Waals surface area contributed by atoms with Gasteiger partial charge in [0.2, 0.25) is 0 Å². The summed E-state index contributed by atoms with van der Waals surface area (Å²) in [6.45, 7) is 2.12. The highest BCUT2D eigenvalue weighted by molar-refractivity contribution is 9.11. The van der Waals surface area contributed by atoms with Crippen molar-refractivity contribution in [1.82, 2.24) is 5.43 Å². The first-order chi connectivity index (χ1) is 6.70. The number of nitrogens with two attached hydrogens (primary N) is 1. The fourth-order valence-corrected chi connectivity index (χ4v) is 3.25. The van der Waals surface area contributed by atoms with Crippen LogP contribution in [0.25, 0.3) is 0 Å². The van der Waals surface area contributed by atoms with Crippen LogP contribution in [-0.2, 0) is 0 Å². The van der Waals surface area contributed by atoms with Gasteiger partial charge in [-0.15, -0.1) is 11.3 Å². The van der Waals surface area contributed by atoms with Crippen molar-refractivity contribution >= 4 is 27.3 Å². The molecule has 4 heteroatoms. The molecule has 1 saturated carbocycles. The van der Waals surface area contributed by atoms with Crippen LogP contribution in [0.1, 0.15) is 35.7 Å². The van der Waals surface area contributed by atoms with Gasteiger partial charge in [0.05, 0.1) is 9.83 Å². The Labute approximate surface area is 97.0 Å². The first-order valence-corrected chi connectivity index (χ1v) is 6.53. The van der Waals surface area contributed by atoms with Crippen LogP contribution in [0.5, 0.6) is 0 Å². The topological polar surface area (TPSA) is 38.0 Å². The van der Waals surface area contributed by atoms with Crippen LogP contribution in [0, 0.1) is 12.8 Å². The second kappa shape index (κ2) is 4.31. The Balaban J connectivity index is 2.08. The van der Waals surface area contributed by atoms with E-state index in [1.54, 1.807) is 11.3 Å². The molecular weight excluding hydrogens is 260 g/mol. The summed E-state index contributed by atoms with van der Waals surface area (Å²) in [6.07, 6.45) is 3.94. The third-order valence-corrected chi connectivity index (χ3v) is 4.94. The van der Waals surface area contributed by atoms with Gasteiger partial charge in [-0.2, -0.15) is 0 Å². The molecule has 78 valence electrons. The lowest BCUT2D eigenvalue weighted by Gasteiger charge is -2.12. The molecule has 0 aromatic carbocycles. The van der Waals surface area contributed by atoms with E-state index in [0.717, 1.165) is 5.92 Å². The minimum absolute atomic E-state index is 0.345. The predicted octanol–water partition coefficient (Wildman–Crippen LogP) is 3.12. The minimum Gasteiger partial charge on any atom is -0.271 e. The number of hydrogen-bond donors (Lipinski definition) is 2. The van der Waals surface area contributed by atoms with Gasteiger partial charge in [0.25, 0.3) is 0 Å². The van der Waals surface area contributed by atoms with E-state index in [1.807, 2.05) is 0 Å². The molecule has 0 spiro atoms. The van der Waals surface area contributed by atoms with E-state index in [2.05, 4.69) is 34.3 Å². The van der Waals surface area contributed by atoms with E-state index >= 15 is 0 Å². The Hall–Kier alpha value is 0.100. The van der Waals surface area contributed by atoms with Crippen LogP contribution >= 0.6 is 27.3 Å². The van der Waals surface area contributed by atoms with Crippen LogP contribution in [-0.4, -0.2) is 0 Å². The van der Waals surface area contributed by atoms with Crippen molar-refractivity contribution in [2.45, 2.75) is 32.2 Å². The van der Waals surface area contributed by atoms with Crippen LogP contribution in [0.15, 0.2) is 9.85 Å². The number of rotatable bonds is 4. The molecule has 2 rings (SSSR count). The summed E-state index contributed by atoms with van der Waals surface area (Å²) in [6, 6.07) is 2.57. The Morgan fingerprint density at radius 2 is 2.43 bits per heavy atom. The number of hydrazine groups is 1. The Kier molecular flexibility index (Phi) is 3.27. The molecule has 1 atom stereocenters. The first kappa shape index (κ1) is 10.6. The number of halogens is 1. The van der Waals surface area contributed by atoms with Gasteiger partial charge in [0.15, 0.2) is 0 Å². The molecule has 2 nitrogen and oxygen atoms in total. The van der Waals surface area contributed by atoms with Crippen LogP contribution in [0.3, 0.4) is 0 Å². The van der Waals surface area contributed by atoms with Crippen molar-refractivity contribution in [3.63, 3.8) is 0 Å². The first-order valence-electron chi connectivity index (χ1n) is 4.92. The maximum absolute atomic E-state index is 5.58. The van der Waals surface area contributed by atoms with Gasteiger partial charge in [-0.05, 0) is 46.8 Å². The van der Waals surface area contributed by atoms with Gasteiger partial charge in [-0.25, -0.2) is 0 Å². The highest BCUT2D eigenvalue weighted by Crippen LogP contribution is 2.40. The largest absolute Gasteiger partial charge is 0.271 e. The Morgan fingerprint density at radius 1 is 1.71 bits per heavy atom. The molecule has 0 amide bonds. The summed E-state index contributed by atoms with van der Waals surface area (Å²) in [5, 5.41) is 0. The maximum Gasteiger partial charge on any atom is 0.0731 e. The Bertz CT molecular complexity index is 300. The zero-order chi connectivity index (χ0) is 10.1. The second-order valence-corrected chi connectivity index (χ2v) is 6.41. The van der Waals surface area contributed by atoms with Crippen LogP contribution in [0.4, 0.5) is 0 Å². The lowest BCUT2D eigenvalue weighted by atomic mass is 10.1. The molecule has 3 N–H and O–H groups in total. The molecular formula is C10H15BrN2S. The smallest absolute Gasteiger partial charge is 0.0731 e. The summed E-state index contributed by atoms with van der Waals surface area (Å²) in [5.74, 6) is 6.48. The van der Waals surface area contributed by atoms with Gasteiger partial charge in [0, 0.05) is 4.88 Å². The number of hydrogen-bond acceptors (Lipinski definition) is 3. The zero-order valence-corrected chi connectivity index (χ0v) is 10.6. The third-order valence-electron chi connectivity index (χ3n) is 2.69. The van der Waals surface area contributed by atoms with E-state index in [9.17, 15) is 0 Å². The van der Waals surface area contributed by atoms with Crippen LogP contribution in [0.2, 0.25) is 0 Å². The van der Waals surface area contributed by atoms with Crippen LogP contribution < -0.4 is 11.3 Å². The number of aryl methyl sites for hydroxylation is 1. The second-order valence-electron chi connectivity index (χ2n) is 4.00. The van der Waals surface area contributed by atoms with Crippen molar-refractivity contribution in [3.8, 4) is 0 Å². The summed E-state index contributed by atoms with van der Waals surface area (Å²) in [5.41, 5.74) is 4.23. The van der Waals surface area contributed by atoms with Gasteiger partial charge in [-0.1, -0.05) is 12.8 Å². The van der Waals surface area contributed by atoms with Crippen molar-refractivity contribution in [2.24, 2.45) is 11.8 Å². The average Bonchev–Trinajstić information content (AvgIpc) is 2.91. The summed E-state index contributed by atoms with van der Waals surface area (Å²) < 4.78 is 1.23. The molecule has 1 heterocycles. The third kappa shape index (κ3) is 2.37. The van der Waals surface area contributed by atoms with E-state index in [1.165, 1.54) is 33.5 Å². The molecule has 14 heavy (non-hydrogen) atoms. The molecule has 1 aromatic heterocycles. The monoisotopic (exact) mass is 274 g/mol. The SMILES string of the molecule is Cc1cc(C(CC2CC2)NN)sc1Br. The molecule has 1 unspecified atom stereocenters. The number of nitrogens with one attached hydrogen (secondary N) is 1. The lowest BCUT2D eigenvalue weighted by Crippen LogP contribution is -2.27. The molecule has 0 saturated heterocycles. The standard InChI is InChI=1S/C10H15BrN2S/c1-6-4-9(14-10(6)11)8(13-12)5-7-2-3-7/h4,7-8,13H,2-3,5,12H2,1H3. The quantitative estimate of drug-likeness (QED) is 0.654. The van der Waals surface area contributed by atoms with Crippen molar-refractivity contribution in [2.75, 3.05) is 0 Å². The highest BCUT2D eigenvalue weighted by atomic mass is 79.9. The van der Waals surface area contributed by atoms with Gasteiger partial charge in [0.1, 0.15) is 0 Å². The maximum atomic E-state index is 5.58. The van der Waals surface area contributed by atoms with E-state index in [0.29, 0.717) is 6.04 Å². The van der Waals surface area contributed by atoms with Gasteiger partial charge < -0.3 is 0 Å². The zero-order valence-electron chi connectivity index (χ0n) is 8.22. The molecule has 1 fully saturated rings. The van der Waals surface area contributed by atoms with Crippen molar-refractivity contribution < 1.29 is 0 Å². The average molecular weight is 275 g/mol. The normalized spacial score (nSPS) is 18.5. The number of thiophene rings is 1. The van der Waals surface area contributed by atoms with Gasteiger partial charge in [-0.3, -0.25) is 11.3 Å². The minimum atomic E-state index is 0.345. The fraction of sp³-hybridized carbons (Fsp3) is 0.600. The molecule has 0 aliphatic heterocycles. The summed E-state index contributed by atoms with van der Waals surface area (Å²) >= 11 is 5.34. The van der Waals surface area contributed by atoms with Crippen molar-refractivity contribution in [1.29, 1.82) is 0 Å². The molecule has 1 aliphatic rings. The van der Waals surface area contributed by atoms with E-state index < -0.39 is 0 Å². The van der Waals surface area contributed by atoms with E-state index in [4.69, 9.17) is 5.84 Å².